The van der Waals surface area contributed by atoms with Crippen molar-refractivity contribution >= 4 is 34.4 Å². The molecule has 45 heavy (non-hydrogen) atoms. The number of para-hydroxylation sites is 2. The zero-order valence-electron chi connectivity index (χ0n) is 25.4. The van der Waals surface area contributed by atoms with Crippen molar-refractivity contribution in [3.05, 3.63) is 81.6 Å². The highest BCUT2D eigenvalue weighted by Crippen LogP contribution is 2.28. The second-order valence-electron chi connectivity index (χ2n) is 11.8. The molecule has 0 radical (unpaired) electrons. The molecule has 1 saturated carbocycles. The van der Waals surface area contributed by atoms with Crippen molar-refractivity contribution in [1.29, 1.82) is 0 Å². The summed E-state index contributed by atoms with van der Waals surface area (Å²) in [6, 6.07) is 13.1. The van der Waals surface area contributed by atoms with Crippen molar-refractivity contribution in [2.24, 2.45) is 5.92 Å². The van der Waals surface area contributed by atoms with E-state index < -0.39 is 0 Å². The Bertz CT molecular complexity index is 1740. The number of morpholine rings is 1. The first kappa shape index (κ1) is 30.8. The fourth-order valence-corrected chi connectivity index (χ4v) is 6.41. The number of rotatable bonds is 8. The number of amides is 2. The number of nitrogens with zero attached hydrogens (tertiary/aromatic N) is 5. The van der Waals surface area contributed by atoms with Gasteiger partial charge in [0.2, 0.25) is 11.8 Å². The summed E-state index contributed by atoms with van der Waals surface area (Å²) in [6.07, 6.45) is 6.42. The van der Waals surface area contributed by atoms with Crippen molar-refractivity contribution in [3.63, 3.8) is 0 Å². The predicted molar refractivity (Wildman–Crippen MR) is 170 cm³/mol. The van der Waals surface area contributed by atoms with Crippen LogP contribution in [0, 0.1) is 12.8 Å². The van der Waals surface area contributed by atoms with Gasteiger partial charge in [0.25, 0.3) is 5.91 Å². The molecule has 4 heterocycles. The van der Waals surface area contributed by atoms with Crippen LogP contribution in [-0.4, -0.2) is 74.3 Å². The van der Waals surface area contributed by atoms with Crippen LogP contribution in [0.5, 0.6) is 5.88 Å². The van der Waals surface area contributed by atoms with Crippen molar-refractivity contribution < 1.29 is 19.1 Å². The number of carbonyl (C=O) groups is 2. The minimum Gasteiger partial charge on any atom is -0.475 e. The smallest absolute Gasteiger partial charge is 0.333 e. The highest BCUT2D eigenvalue weighted by atomic mass is 35.5. The van der Waals surface area contributed by atoms with Gasteiger partial charge in [-0.15, -0.1) is 0 Å². The number of aryl methyl sites for hydroxylation is 1. The maximum atomic E-state index is 13.8. The summed E-state index contributed by atoms with van der Waals surface area (Å²) in [5, 5.41) is 3.58. The molecule has 4 aromatic rings. The largest absolute Gasteiger partial charge is 0.475 e. The Labute approximate surface area is 266 Å². The van der Waals surface area contributed by atoms with E-state index in [0.717, 1.165) is 36.7 Å². The number of imidazole rings is 1. The summed E-state index contributed by atoms with van der Waals surface area (Å²) < 4.78 is 15.1. The number of ether oxygens (including phenoxy) is 2. The Hall–Kier alpha value is -4.22. The molecule has 2 fully saturated rings. The van der Waals surface area contributed by atoms with Gasteiger partial charge in [0.15, 0.2) is 0 Å². The van der Waals surface area contributed by atoms with E-state index in [4.69, 9.17) is 21.1 Å². The van der Waals surface area contributed by atoms with E-state index in [9.17, 15) is 14.4 Å². The van der Waals surface area contributed by atoms with Gasteiger partial charge in [-0.3, -0.25) is 23.7 Å². The SMILES string of the molecule is CC(=O)N1CCOC(COc2ccc(-n3c(=O)n(CC4CCC(NC(=O)c5cc(Cl)cnc5C)CC4)c4ccccc43)cn2)C1. The summed E-state index contributed by atoms with van der Waals surface area (Å²) in [7, 11) is 0. The molecule has 1 aliphatic heterocycles. The van der Waals surface area contributed by atoms with Crippen LogP contribution in [0.2, 0.25) is 5.02 Å². The lowest BCUT2D eigenvalue weighted by atomic mass is 9.85. The molecule has 0 bridgehead atoms. The lowest BCUT2D eigenvalue weighted by Gasteiger charge is -2.31. The molecule has 2 amide bonds. The molecule has 1 atom stereocenters. The number of aromatic nitrogens is 4. The first-order valence-electron chi connectivity index (χ1n) is 15.4. The third kappa shape index (κ3) is 6.89. The Kier molecular flexibility index (Phi) is 9.18. The molecule has 6 rings (SSSR count). The molecule has 1 aliphatic carbocycles. The average molecular weight is 633 g/mol. The van der Waals surface area contributed by atoms with Gasteiger partial charge < -0.3 is 19.7 Å². The molecule has 12 heteroatoms. The molecular weight excluding hydrogens is 596 g/mol. The minimum absolute atomic E-state index is 0.0227. The number of hydrogen-bond acceptors (Lipinski definition) is 7. The molecule has 1 N–H and O–H groups in total. The minimum atomic E-state index is -0.222. The number of benzene rings is 1. The molecule has 1 aromatic carbocycles. The van der Waals surface area contributed by atoms with Crippen LogP contribution in [0.4, 0.5) is 0 Å². The zero-order chi connectivity index (χ0) is 31.5. The van der Waals surface area contributed by atoms with E-state index in [1.54, 1.807) is 41.6 Å². The zero-order valence-corrected chi connectivity index (χ0v) is 26.2. The van der Waals surface area contributed by atoms with Gasteiger partial charge in [-0.2, -0.15) is 0 Å². The number of carbonyl (C=O) groups excluding carboxylic acids is 2. The van der Waals surface area contributed by atoms with Gasteiger partial charge in [-0.25, -0.2) is 9.78 Å². The fraction of sp³-hybridized carbons (Fsp3) is 0.424. The number of halogens is 1. The van der Waals surface area contributed by atoms with E-state index in [2.05, 4.69) is 15.3 Å². The summed E-state index contributed by atoms with van der Waals surface area (Å²) >= 11 is 6.06. The Morgan fingerprint density at radius 2 is 1.84 bits per heavy atom. The molecular formula is C33H37ClN6O5. The second-order valence-corrected chi connectivity index (χ2v) is 12.3. The third-order valence-electron chi connectivity index (χ3n) is 8.74. The lowest BCUT2D eigenvalue weighted by molar-refractivity contribution is -0.137. The Balaban J connectivity index is 1.10. The van der Waals surface area contributed by atoms with Crippen LogP contribution in [0.3, 0.4) is 0 Å². The van der Waals surface area contributed by atoms with Crippen molar-refractivity contribution in [3.8, 4) is 11.6 Å². The molecule has 1 unspecified atom stereocenters. The third-order valence-corrected chi connectivity index (χ3v) is 8.94. The standard InChI is InChI=1S/C33H37ClN6O5/c1-21-28(15-24(34)16-35-21)32(42)37-25-9-7-23(8-10-25)18-39-29-5-3-4-6-30(29)40(33(39)43)26-11-12-31(36-17-26)45-20-27-19-38(22(2)41)13-14-44-27/h3-6,11-12,15-17,23,25,27H,7-10,13-14,18-20H2,1-2H3,(H,37,42). The fourth-order valence-electron chi connectivity index (χ4n) is 6.26. The highest BCUT2D eigenvalue weighted by Gasteiger charge is 2.26. The van der Waals surface area contributed by atoms with Gasteiger partial charge in [0, 0.05) is 38.3 Å². The number of hydrogen-bond donors (Lipinski definition) is 1. The summed E-state index contributed by atoms with van der Waals surface area (Å²) in [5.74, 6) is 0.593. The van der Waals surface area contributed by atoms with Crippen LogP contribution in [-0.2, 0) is 16.1 Å². The van der Waals surface area contributed by atoms with Crippen molar-refractivity contribution in [2.75, 3.05) is 26.3 Å². The van der Waals surface area contributed by atoms with Gasteiger partial charge in [0.05, 0.1) is 52.3 Å². The van der Waals surface area contributed by atoms with Crippen LogP contribution in [0.25, 0.3) is 16.7 Å². The number of fused-ring (bicyclic) bond motifs is 1. The van der Waals surface area contributed by atoms with Crippen LogP contribution < -0.4 is 15.7 Å². The van der Waals surface area contributed by atoms with Crippen molar-refractivity contribution in [1.82, 2.24) is 29.3 Å². The summed E-state index contributed by atoms with van der Waals surface area (Å²) in [5.41, 5.74) is 3.35. The van der Waals surface area contributed by atoms with Gasteiger partial charge >= 0.3 is 5.69 Å². The van der Waals surface area contributed by atoms with Gasteiger partial charge in [-0.05, 0) is 62.8 Å². The van der Waals surface area contributed by atoms with E-state index in [1.165, 1.54) is 6.20 Å². The van der Waals surface area contributed by atoms with Crippen molar-refractivity contribution in [2.45, 2.75) is 58.2 Å². The first-order chi connectivity index (χ1) is 21.8. The Morgan fingerprint density at radius 3 is 2.58 bits per heavy atom. The maximum absolute atomic E-state index is 13.8. The van der Waals surface area contributed by atoms with Crippen LogP contribution in [0.1, 0.15) is 48.7 Å². The van der Waals surface area contributed by atoms with Gasteiger partial charge in [-0.1, -0.05) is 23.7 Å². The van der Waals surface area contributed by atoms with Gasteiger partial charge in [0.1, 0.15) is 12.7 Å². The number of nitrogens with one attached hydrogen (secondary N) is 1. The maximum Gasteiger partial charge on any atom is 0.333 e. The van der Waals surface area contributed by atoms with E-state index in [-0.39, 0.29) is 36.3 Å². The van der Waals surface area contributed by atoms with Crippen LogP contribution >= 0.6 is 11.6 Å². The average Bonchev–Trinajstić information content (AvgIpc) is 3.33. The monoisotopic (exact) mass is 632 g/mol. The number of pyridine rings is 2. The Morgan fingerprint density at radius 1 is 1.07 bits per heavy atom. The van der Waals surface area contributed by atoms with E-state index in [1.807, 2.05) is 34.9 Å². The first-order valence-corrected chi connectivity index (χ1v) is 15.7. The molecule has 3 aromatic heterocycles. The quantitative estimate of drug-likeness (QED) is 0.310. The summed E-state index contributed by atoms with van der Waals surface area (Å²) in [6.45, 7) is 5.77. The predicted octanol–water partition coefficient (Wildman–Crippen LogP) is 4.16. The normalized spacial score (nSPS) is 20.2. The van der Waals surface area contributed by atoms with Crippen LogP contribution in [0.15, 0.2) is 59.7 Å². The van der Waals surface area contributed by atoms with E-state index in [0.29, 0.717) is 60.0 Å². The van der Waals surface area contributed by atoms with E-state index >= 15 is 0 Å². The topological polar surface area (TPSA) is 121 Å². The molecule has 0 spiro atoms. The molecule has 2 aliphatic rings. The molecule has 236 valence electrons. The molecule has 1 saturated heterocycles. The lowest BCUT2D eigenvalue weighted by Crippen LogP contribution is -2.46. The molecule has 11 nitrogen and oxygen atoms in total. The summed E-state index contributed by atoms with van der Waals surface area (Å²) in [4.78, 5) is 48.8. The second kappa shape index (κ2) is 13.4. The highest BCUT2D eigenvalue weighted by molar-refractivity contribution is 6.30.